The van der Waals surface area contributed by atoms with Crippen LogP contribution >= 0.6 is 20.7 Å². The van der Waals surface area contributed by atoms with Gasteiger partial charge in [0.05, 0.1) is 28.1 Å². The maximum absolute atomic E-state index is 14.8. The molecule has 0 spiro atoms. The van der Waals surface area contributed by atoms with Crippen LogP contribution < -0.4 is 4.90 Å². The zero-order valence-corrected chi connectivity index (χ0v) is 31.5. The van der Waals surface area contributed by atoms with Gasteiger partial charge in [-0.15, -0.1) is 27.2 Å². The average molecular weight is 838 g/mol. The van der Waals surface area contributed by atoms with Crippen molar-refractivity contribution in [2.75, 3.05) is 9.33 Å². The summed E-state index contributed by atoms with van der Waals surface area (Å²) in [6.45, 7) is 0. The fourth-order valence-corrected chi connectivity index (χ4v) is 10.0. The summed E-state index contributed by atoms with van der Waals surface area (Å²) in [6.07, 6.45) is 10.9. The van der Waals surface area contributed by atoms with Gasteiger partial charge in [-0.25, -0.2) is 0 Å². The third kappa shape index (κ3) is 5.96. The number of nitrogens with zero attached hydrogens (tertiary/aromatic N) is 1. The summed E-state index contributed by atoms with van der Waals surface area (Å²) < 4.78 is 47.8. The molecule has 55 heavy (non-hydrogen) atoms. The predicted octanol–water partition coefficient (Wildman–Crippen LogP) is 11.9. The Morgan fingerprint density at radius 2 is 1.44 bits per heavy atom. The highest BCUT2D eigenvalue weighted by molar-refractivity contribution is 14.2. The second-order valence-electron chi connectivity index (χ2n) is 13.8. The number of carbonyl (C=O) groups excluding carboxylic acids is 2. The third-order valence-corrected chi connectivity index (χ3v) is 12.7. The van der Waals surface area contributed by atoms with E-state index in [9.17, 15) is 22.8 Å². The molecule has 0 atom stereocenters. The number of Topliss-reactive ketones (excluding diaryl/α,β-unsaturated/α-hetero) is 2. The van der Waals surface area contributed by atoms with Gasteiger partial charge in [-0.1, -0.05) is 103 Å². The number of halogens is 4. The Morgan fingerprint density at radius 3 is 2.16 bits per heavy atom. The van der Waals surface area contributed by atoms with Crippen molar-refractivity contribution < 1.29 is 22.8 Å². The second kappa shape index (κ2) is 13.8. The van der Waals surface area contributed by atoms with Gasteiger partial charge in [-0.2, -0.15) is 13.2 Å². The number of terminal acetylenes is 1. The van der Waals surface area contributed by atoms with Gasteiger partial charge in [0.25, 0.3) is 0 Å². The van der Waals surface area contributed by atoms with Crippen LogP contribution in [0.15, 0.2) is 144 Å². The quantitative estimate of drug-likeness (QED) is 0.0445. The highest BCUT2D eigenvalue weighted by Gasteiger charge is 2.37. The molecule has 3 nitrogen and oxygen atoms in total. The molecule has 0 saturated carbocycles. The Balaban J connectivity index is 1.20. The number of aryl methyl sites for hydroxylation is 2. The molecule has 0 aromatic heterocycles. The molecule has 0 amide bonds. The van der Waals surface area contributed by atoms with Gasteiger partial charge < -0.3 is 4.90 Å². The van der Waals surface area contributed by atoms with E-state index in [0.717, 1.165) is 56.1 Å². The first-order valence-corrected chi connectivity index (χ1v) is 20.7. The van der Waals surface area contributed by atoms with Crippen molar-refractivity contribution in [1.82, 2.24) is 0 Å². The maximum atomic E-state index is 14.8. The van der Waals surface area contributed by atoms with E-state index in [4.69, 9.17) is 6.42 Å². The molecule has 0 fully saturated rings. The van der Waals surface area contributed by atoms with E-state index in [0.29, 0.717) is 28.4 Å². The van der Waals surface area contributed by atoms with Gasteiger partial charge in [-0.3, -0.25) is 9.59 Å². The molecule has 0 radical (unpaired) electrons. The van der Waals surface area contributed by atoms with Crippen LogP contribution in [-0.4, -0.2) is 20.0 Å². The zero-order chi connectivity index (χ0) is 37.8. The number of hydrogen-bond acceptors (Lipinski definition) is 3. The SMILES string of the molecule is C#CC1=C(/C=C2/C=CC=ICC2)C(=O)/C(=C\c2ccc3c4c(ccc3c2)N(c2c3ccccc3c(C(F)(F)F)c3ccccc23)c2ccccc2CC4)C1=O. The van der Waals surface area contributed by atoms with Crippen molar-refractivity contribution in [1.29, 1.82) is 0 Å². The molecule has 0 bridgehead atoms. The molecule has 3 aliphatic rings. The summed E-state index contributed by atoms with van der Waals surface area (Å²) >= 11 is -0.0174. The van der Waals surface area contributed by atoms with Crippen molar-refractivity contribution in [3.05, 3.63) is 166 Å². The van der Waals surface area contributed by atoms with E-state index >= 15 is 0 Å². The number of para-hydroxylation sites is 1. The normalized spacial score (nSPS) is 17.5. The smallest absolute Gasteiger partial charge is 0.309 e. The minimum absolute atomic E-state index is 0.0174. The predicted molar refractivity (Wildman–Crippen MR) is 227 cm³/mol. The lowest BCUT2D eigenvalue weighted by Crippen LogP contribution is -2.15. The number of fused-ring (bicyclic) bond motifs is 6. The molecule has 2 aliphatic heterocycles. The van der Waals surface area contributed by atoms with Gasteiger partial charge in [0, 0.05) is 22.0 Å². The minimum atomic E-state index is -4.56. The molecule has 7 heteroatoms. The molecule has 2 heterocycles. The first-order chi connectivity index (χ1) is 26.7. The van der Waals surface area contributed by atoms with Crippen molar-refractivity contribution >= 4 is 91.8 Å². The Hall–Kier alpha value is -5.85. The number of alkyl halides is 4. The van der Waals surface area contributed by atoms with Crippen molar-refractivity contribution in [3.8, 4) is 12.3 Å². The van der Waals surface area contributed by atoms with Crippen molar-refractivity contribution in [2.45, 2.75) is 25.4 Å². The largest absolute Gasteiger partial charge is 0.417 e. The summed E-state index contributed by atoms with van der Waals surface area (Å²) in [7, 11) is 0. The van der Waals surface area contributed by atoms with E-state index in [1.165, 1.54) is 0 Å². The Kier molecular flexibility index (Phi) is 8.74. The number of carbonyl (C=O) groups is 2. The number of ketones is 2. The van der Waals surface area contributed by atoms with Crippen LogP contribution in [0.5, 0.6) is 0 Å². The molecule has 0 N–H and O–H groups in total. The van der Waals surface area contributed by atoms with Crippen LogP contribution in [0.2, 0.25) is 0 Å². The van der Waals surface area contributed by atoms with Crippen LogP contribution in [0, 0.1) is 12.3 Å². The number of benzene rings is 6. The number of hydrogen-bond donors (Lipinski definition) is 0. The summed E-state index contributed by atoms with van der Waals surface area (Å²) in [5.74, 6) is 1.67. The van der Waals surface area contributed by atoms with Gasteiger partial charge >= 0.3 is 6.18 Å². The fraction of sp³-hybridized carbons (Fsp3) is 0.104. The topological polar surface area (TPSA) is 37.4 Å². The molecule has 9 rings (SSSR count). The van der Waals surface area contributed by atoms with Gasteiger partial charge in [0.15, 0.2) is 5.78 Å². The maximum Gasteiger partial charge on any atom is 0.417 e. The minimum Gasteiger partial charge on any atom is -0.309 e. The van der Waals surface area contributed by atoms with E-state index < -0.39 is 17.5 Å². The summed E-state index contributed by atoms with van der Waals surface area (Å²) in [5, 5.41) is 3.20. The van der Waals surface area contributed by atoms with Gasteiger partial charge in [0.1, 0.15) is 0 Å². The first kappa shape index (κ1) is 34.9. The van der Waals surface area contributed by atoms with E-state index in [-0.39, 0.29) is 54.0 Å². The third-order valence-electron chi connectivity index (χ3n) is 10.6. The zero-order valence-electron chi connectivity index (χ0n) is 29.4. The monoisotopic (exact) mass is 837 g/mol. The van der Waals surface area contributed by atoms with Crippen LogP contribution in [0.25, 0.3) is 38.4 Å². The summed E-state index contributed by atoms with van der Waals surface area (Å²) in [5.41, 5.74) is 6.07. The standard InChI is InChI=1S/C48H31F3INO2/c1-2-33-40(27-29-10-9-24-52-25-23-29)47(55)41(46(33)54)28-30-17-20-34-32(26-30)19-22-43-35(34)21-18-31-11-3-8-16-42(31)53(43)45-38-14-6-4-12-36(38)44(48(49,50)51)37-13-5-7-15-39(37)45/h1,3-17,19-20,22,24,26-28H,18,21,23,25H2/b29-27-,41-28-. The highest BCUT2D eigenvalue weighted by Crippen LogP contribution is 2.52. The molecular formula is C48H31F3INO2. The number of allylic oxidation sites excluding steroid dienone is 7. The molecule has 268 valence electrons. The summed E-state index contributed by atoms with van der Waals surface area (Å²) in [6, 6.07) is 31.6. The Labute approximate surface area is 325 Å². The number of rotatable bonds is 3. The van der Waals surface area contributed by atoms with E-state index in [1.807, 2.05) is 60.7 Å². The van der Waals surface area contributed by atoms with Gasteiger partial charge in [-0.05, 0) is 102 Å². The van der Waals surface area contributed by atoms with Crippen LogP contribution in [-0.2, 0) is 28.6 Å². The van der Waals surface area contributed by atoms with Crippen LogP contribution in [0.4, 0.5) is 30.2 Å². The molecule has 1 aliphatic carbocycles. The second-order valence-corrected chi connectivity index (χ2v) is 16.4. The van der Waals surface area contributed by atoms with E-state index in [2.05, 4.69) is 20.9 Å². The lowest BCUT2D eigenvalue weighted by atomic mass is 9.92. The van der Waals surface area contributed by atoms with Crippen molar-refractivity contribution in [2.24, 2.45) is 0 Å². The molecular weight excluding hydrogens is 806 g/mol. The molecule has 0 unspecified atom stereocenters. The van der Waals surface area contributed by atoms with Crippen LogP contribution in [0.3, 0.4) is 0 Å². The summed E-state index contributed by atoms with van der Waals surface area (Å²) in [4.78, 5) is 29.3. The lowest BCUT2D eigenvalue weighted by Gasteiger charge is -2.31. The molecule has 6 aromatic rings. The highest BCUT2D eigenvalue weighted by atomic mass is 127. The Morgan fingerprint density at radius 1 is 0.727 bits per heavy atom. The van der Waals surface area contributed by atoms with E-state index in [1.54, 1.807) is 60.7 Å². The van der Waals surface area contributed by atoms with Crippen LogP contribution in [0.1, 0.15) is 28.7 Å². The van der Waals surface area contributed by atoms with Crippen molar-refractivity contribution in [3.63, 3.8) is 0 Å². The lowest BCUT2D eigenvalue weighted by molar-refractivity contribution is -0.135. The molecule has 6 aromatic carbocycles. The molecule has 0 saturated heterocycles. The number of anilines is 3. The fourth-order valence-electron chi connectivity index (χ4n) is 8.21. The average Bonchev–Trinajstić information content (AvgIpc) is 3.42. The first-order valence-electron chi connectivity index (χ1n) is 18.0. The Bertz CT molecular complexity index is 2810. The van der Waals surface area contributed by atoms with Gasteiger partial charge in [0.2, 0.25) is 5.78 Å².